The fourth-order valence-electron chi connectivity index (χ4n) is 10.2. The normalized spacial score (nSPS) is 11.0. The minimum absolute atomic E-state index is 0. The second kappa shape index (κ2) is 62.8. The van der Waals surface area contributed by atoms with E-state index in [1.54, 1.807) is 0 Å². The van der Waals surface area contributed by atoms with Gasteiger partial charge in [-0.05, 0) is 61.3 Å². The third-order valence-corrected chi connectivity index (χ3v) is 15.3. The topological polar surface area (TPSA) is 36.4 Å². The molecule has 0 spiro atoms. The molecule has 2 aromatic rings. The summed E-state index contributed by atoms with van der Waals surface area (Å²) >= 11 is 0. The molecular formula is C74H126N2Pd. The molecule has 2 rings (SSSR count). The number of benzene rings is 2. The maximum atomic E-state index is 9.36. The average Bonchev–Trinajstić information content (AvgIpc) is 3.44. The second-order valence-electron chi connectivity index (χ2n) is 22.7. The molecule has 0 saturated heterocycles. The molecule has 2 nitrogen and oxygen atoms in total. The van der Waals surface area contributed by atoms with Crippen molar-refractivity contribution >= 4 is 11.4 Å². The largest absolute Gasteiger partial charge is 2.00 e. The van der Waals surface area contributed by atoms with Crippen LogP contribution in [-0.4, -0.2) is 10.7 Å². The van der Waals surface area contributed by atoms with Crippen LogP contribution in [0.2, 0.25) is 0 Å². The zero-order chi connectivity index (χ0) is 55.5. The third-order valence-electron chi connectivity index (χ3n) is 15.3. The van der Waals surface area contributed by atoms with Gasteiger partial charge in [0, 0.05) is 12.0 Å². The van der Waals surface area contributed by atoms with Gasteiger partial charge in [0.1, 0.15) is 0 Å². The summed E-state index contributed by atoms with van der Waals surface area (Å²) in [5.74, 6) is 9.74. The molecule has 0 aliphatic carbocycles. The summed E-state index contributed by atoms with van der Waals surface area (Å²) in [6.07, 6.45) is 65.1. The maximum absolute atomic E-state index is 9.36. The molecule has 442 valence electrons. The van der Waals surface area contributed by atoms with E-state index >= 15 is 0 Å². The van der Waals surface area contributed by atoms with Crippen LogP contribution in [0.1, 0.15) is 359 Å². The molecule has 3 heteroatoms. The minimum atomic E-state index is 0. The molecule has 0 aliphatic rings. The molecule has 0 fully saturated rings. The number of allylic oxidation sites excluding steroid dienone is 2. The predicted molar refractivity (Wildman–Crippen MR) is 343 cm³/mol. The first-order valence-electron chi connectivity index (χ1n) is 33.4. The maximum Gasteiger partial charge on any atom is 2.00 e. The van der Waals surface area contributed by atoms with E-state index in [1.807, 2.05) is 6.92 Å². The van der Waals surface area contributed by atoms with Crippen LogP contribution in [0.4, 0.5) is 0 Å². The van der Waals surface area contributed by atoms with Crippen molar-refractivity contribution in [3.63, 3.8) is 0 Å². The Hall–Kier alpha value is -2.44. The first-order valence-corrected chi connectivity index (χ1v) is 33.4. The van der Waals surface area contributed by atoms with Gasteiger partial charge in [0.05, 0.1) is 11.1 Å². The molecule has 0 saturated carbocycles. The van der Waals surface area contributed by atoms with Gasteiger partial charge in [-0.25, -0.2) is 0 Å². The van der Waals surface area contributed by atoms with E-state index in [9.17, 15) is 5.53 Å². The first kappa shape index (κ1) is 76.6. The second-order valence-corrected chi connectivity index (χ2v) is 22.7. The first-order chi connectivity index (χ1) is 37.5. The quantitative estimate of drug-likeness (QED) is 0.00926. The van der Waals surface area contributed by atoms with Gasteiger partial charge in [-0.2, -0.15) is 12.8 Å². The monoisotopic (exact) mass is 1150 g/mol. The molecule has 0 aliphatic heterocycles. The molecule has 0 bridgehead atoms. The standard InChI is InChI=1S/C38H52N2.2C18H37.Pd/c1-5-8-11-13-14-15-16-17-19-25-37(32(4)31-40-39)38(35-28-26-33(27-29-35)21-10-7-3)36-24-20-23-34(30-36)22-18-12-9-6-2;2*1-3-5-7-9-11-13-15-17-18-16-14-12-10-8-6-4-2;/h20,23-24,26-30H,5-18,21-22H2,1-4H3;2*1,3-18H2,2H3;/q;2*-1;+2. The predicted octanol–water partition coefficient (Wildman–Crippen LogP) is 25.1. The van der Waals surface area contributed by atoms with Gasteiger partial charge in [-0.1, -0.05) is 352 Å². The van der Waals surface area contributed by atoms with Crippen molar-refractivity contribution < 1.29 is 25.2 Å². The Kier molecular flexibility index (Phi) is 62.5. The van der Waals surface area contributed by atoms with Crippen molar-refractivity contribution in [2.45, 2.75) is 350 Å². The molecule has 0 atom stereocenters. The number of hydrogen-bond acceptors (Lipinski definition) is 0. The molecular weight excluding hydrogens is 1020 g/mol. The minimum Gasteiger partial charge on any atom is -0.348 e. The van der Waals surface area contributed by atoms with Gasteiger partial charge in [0.25, 0.3) is 0 Å². The van der Waals surface area contributed by atoms with Crippen LogP contribution < -0.4 is 0 Å². The van der Waals surface area contributed by atoms with Gasteiger partial charge in [0.15, 0.2) is 0 Å². The number of rotatable bonds is 48. The zero-order valence-corrected chi connectivity index (χ0v) is 53.7. The number of aryl methyl sites for hydroxylation is 2. The van der Waals surface area contributed by atoms with Crippen LogP contribution >= 0.6 is 0 Å². The van der Waals surface area contributed by atoms with Crippen LogP contribution in [0.25, 0.3) is 11.1 Å². The number of nitrogens with zero attached hydrogens (tertiary/aromatic N) is 2. The van der Waals surface area contributed by atoms with Gasteiger partial charge in [-0.3, -0.25) is 0 Å². The Morgan fingerprint density at radius 1 is 0.403 bits per heavy atom. The Morgan fingerprint density at radius 3 is 1.13 bits per heavy atom. The third kappa shape index (κ3) is 49.1. The summed E-state index contributed by atoms with van der Waals surface area (Å²) < 4.78 is 0. The van der Waals surface area contributed by atoms with Crippen molar-refractivity contribution in [2.24, 2.45) is 0 Å². The fraction of sp³-hybridized carbons (Fsp3) is 0.730. The van der Waals surface area contributed by atoms with E-state index in [2.05, 4.69) is 119 Å². The van der Waals surface area contributed by atoms with E-state index in [1.165, 1.54) is 281 Å². The molecule has 2 aromatic carbocycles. The van der Waals surface area contributed by atoms with Crippen LogP contribution in [0, 0.1) is 25.7 Å². The van der Waals surface area contributed by atoms with Crippen LogP contribution in [-0.2, 0) is 33.3 Å². The van der Waals surface area contributed by atoms with Gasteiger partial charge >= 0.3 is 26.3 Å². The van der Waals surface area contributed by atoms with E-state index in [-0.39, 0.29) is 20.4 Å². The SMILES string of the molecule is CCCCCCCCCC#CC(C(C)=C=[N+]=[N-])=C(c1ccc(CCCC)cc1)c1cccc(CCCCCC)c1.[CH2-]CCCCCCCCCCCCCCCCC.[CH2-]CCCCCCCCCCCCCCCCC.[Pd+2]. The molecule has 77 heavy (non-hydrogen) atoms. The van der Waals surface area contributed by atoms with Gasteiger partial charge in [0.2, 0.25) is 0 Å². The molecule has 0 heterocycles. The van der Waals surface area contributed by atoms with Crippen molar-refractivity contribution in [1.29, 1.82) is 0 Å². The molecule has 0 amide bonds. The molecule has 0 aromatic heterocycles. The summed E-state index contributed by atoms with van der Waals surface area (Å²) in [4.78, 5) is 3.25. The summed E-state index contributed by atoms with van der Waals surface area (Å²) in [6.45, 7) is 21.1. The van der Waals surface area contributed by atoms with E-state index in [0.717, 1.165) is 66.4 Å². The zero-order valence-electron chi connectivity index (χ0n) is 52.2. The van der Waals surface area contributed by atoms with Gasteiger partial charge in [-0.15, -0.1) is 4.79 Å². The molecule has 0 unspecified atom stereocenters. The Labute approximate surface area is 496 Å². The smallest absolute Gasteiger partial charge is 0.348 e. The van der Waals surface area contributed by atoms with Gasteiger partial charge < -0.3 is 19.4 Å². The molecule has 0 N–H and O–H groups in total. The van der Waals surface area contributed by atoms with E-state index in [4.69, 9.17) is 0 Å². The Balaban J connectivity index is 0. The van der Waals surface area contributed by atoms with E-state index < -0.39 is 0 Å². The van der Waals surface area contributed by atoms with Crippen molar-refractivity contribution in [3.05, 3.63) is 101 Å². The fourth-order valence-corrected chi connectivity index (χ4v) is 10.2. The van der Waals surface area contributed by atoms with Crippen molar-refractivity contribution in [3.8, 4) is 11.8 Å². The van der Waals surface area contributed by atoms with Crippen LogP contribution in [0.3, 0.4) is 0 Å². The van der Waals surface area contributed by atoms with E-state index in [0.29, 0.717) is 0 Å². The summed E-state index contributed by atoms with van der Waals surface area (Å²) in [5, 5.41) is 0. The molecule has 0 radical (unpaired) electrons. The summed E-state index contributed by atoms with van der Waals surface area (Å²) in [5.41, 5.74) is 17.1. The van der Waals surface area contributed by atoms with Crippen LogP contribution in [0.15, 0.2) is 59.7 Å². The average molecular weight is 1150 g/mol. The Bertz CT molecular complexity index is 1650. The summed E-state index contributed by atoms with van der Waals surface area (Å²) in [6, 6.07) is 17.9. The number of unbranched alkanes of at least 4 members (excludes halogenated alkanes) is 41. The Morgan fingerprint density at radius 2 is 0.753 bits per heavy atom. The van der Waals surface area contributed by atoms with Crippen molar-refractivity contribution in [1.82, 2.24) is 0 Å². The van der Waals surface area contributed by atoms with Crippen molar-refractivity contribution in [2.75, 3.05) is 0 Å². The van der Waals surface area contributed by atoms with Crippen LogP contribution in [0.5, 0.6) is 0 Å². The number of hydrogen-bond donors (Lipinski definition) is 0. The summed E-state index contributed by atoms with van der Waals surface area (Å²) in [7, 11) is 0.